The van der Waals surface area contributed by atoms with Crippen molar-refractivity contribution in [1.82, 2.24) is 29.9 Å². The smallest absolute Gasteiger partial charge is 0.320 e. The Kier molecular flexibility index (Phi) is 10.8. The molecule has 0 aliphatic heterocycles. The predicted octanol–water partition coefficient (Wildman–Crippen LogP) is 5.08. The SMILES string of the molecule is CC(C)C(=N)n1cc(OC2CCC(NC(=O)NC(C=C(N)C(C)(C)C)=Nc3cnn(CCN(C)C)c3)c3ccccc32)ccc1=N. The molecule has 4 rings (SSSR count). The molecule has 0 bridgehead atoms. The van der Waals surface area contributed by atoms with Gasteiger partial charge in [0.2, 0.25) is 0 Å². The van der Waals surface area contributed by atoms with Crippen molar-refractivity contribution in [2.75, 3.05) is 20.6 Å². The quantitative estimate of drug-likeness (QED) is 0.165. The summed E-state index contributed by atoms with van der Waals surface area (Å²) in [6.07, 6.45) is 7.98. The zero-order valence-electron chi connectivity index (χ0n) is 28.0. The fourth-order valence-corrected chi connectivity index (χ4v) is 4.96. The number of nitrogens with zero attached hydrogens (tertiary/aromatic N) is 5. The van der Waals surface area contributed by atoms with Crippen molar-refractivity contribution in [3.05, 3.63) is 83.4 Å². The number of benzene rings is 1. The number of amides is 2. The van der Waals surface area contributed by atoms with Gasteiger partial charge in [0.05, 0.1) is 31.2 Å². The summed E-state index contributed by atoms with van der Waals surface area (Å²) < 4.78 is 9.78. The normalized spacial score (nSPS) is 17.2. The summed E-state index contributed by atoms with van der Waals surface area (Å²) >= 11 is 0. The number of likely N-dealkylation sites (N-methyl/N-ethyl adjacent to an activating group) is 1. The molecular weight excluding hydrogens is 580 g/mol. The Hall–Kier alpha value is -4.71. The van der Waals surface area contributed by atoms with Crippen LogP contribution in [0.25, 0.3) is 0 Å². The predicted molar refractivity (Wildman–Crippen MR) is 181 cm³/mol. The van der Waals surface area contributed by atoms with Crippen LogP contribution in [0.2, 0.25) is 0 Å². The Morgan fingerprint density at radius 3 is 2.57 bits per heavy atom. The lowest BCUT2D eigenvalue weighted by molar-refractivity contribution is 0.171. The van der Waals surface area contributed by atoms with Crippen LogP contribution in [0, 0.1) is 22.2 Å². The second-order valence-electron chi connectivity index (χ2n) is 13.2. The number of carbonyl (C=O) groups excluding carboxylic acids is 1. The minimum Gasteiger partial charge on any atom is -0.484 e. The van der Waals surface area contributed by atoms with Gasteiger partial charge in [0, 0.05) is 29.7 Å². The summed E-state index contributed by atoms with van der Waals surface area (Å²) in [7, 11) is 4.02. The number of fused-ring (bicyclic) bond motifs is 1. The van der Waals surface area contributed by atoms with Crippen LogP contribution in [-0.2, 0) is 6.54 Å². The Balaban J connectivity index is 1.52. The van der Waals surface area contributed by atoms with Crippen LogP contribution >= 0.6 is 0 Å². The topological polar surface area (TPSA) is 162 Å². The van der Waals surface area contributed by atoms with Crippen molar-refractivity contribution >= 4 is 23.4 Å². The number of allylic oxidation sites excluding steroid dienone is 1. The fourth-order valence-electron chi connectivity index (χ4n) is 4.96. The van der Waals surface area contributed by atoms with Gasteiger partial charge in [0.15, 0.2) is 0 Å². The van der Waals surface area contributed by atoms with Crippen LogP contribution in [-0.4, -0.2) is 57.6 Å². The van der Waals surface area contributed by atoms with E-state index in [-0.39, 0.29) is 29.0 Å². The summed E-state index contributed by atoms with van der Waals surface area (Å²) in [5.74, 6) is 1.20. The average Bonchev–Trinajstić information content (AvgIpc) is 3.44. The second kappa shape index (κ2) is 14.6. The van der Waals surface area contributed by atoms with E-state index in [0.717, 1.165) is 17.7 Å². The van der Waals surface area contributed by atoms with Gasteiger partial charge in [-0.25, -0.2) is 9.79 Å². The molecule has 3 aromatic rings. The largest absolute Gasteiger partial charge is 0.484 e. The van der Waals surface area contributed by atoms with Gasteiger partial charge in [-0.2, -0.15) is 5.10 Å². The number of hydrogen-bond donors (Lipinski definition) is 5. The van der Waals surface area contributed by atoms with Crippen molar-refractivity contribution < 1.29 is 9.53 Å². The van der Waals surface area contributed by atoms with Gasteiger partial charge in [-0.15, -0.1) is 0 Å². The Morgan fingerprint density at radius 1 is 1.17 bits per heavy atom. The number of ether oxygens (including phenoxy) is 1. The van der Waals surface area contributed by atoms with Crippen LogP contribution in [0.15, 0.2) is 71.8 Å². The fraction of sp³-hybridized carbons (Fsp3) is 0.441. The van der Waals surface area contributed by atoms with E-state index < -0.39 is 6.03 Å². The van der Waals surface area contributed by atoms with E-state index in [9.17, 15) is 4.79 Å². The van der Waals surface area contributed by atoms with Gasteiger partial charge >= 0.3 is 6.03 Å². The maximum Gasteiger partial charge on any atom is 0.320 e. The number of pyridine rings is 1. The Labute approximate surface area is 271 Å². The maximum absolute atomic E-state index is 13.4. The van der Waals surface area contributed by atoms with E-state index in [1.54, 1.807) is 30.6 Å². The van der Waals surface area contributed by atoms with Crippen LogP contribution in [0.1, 0.15) is 70.7 Å². The number of rotatable bonds is 9. The van der Waals surface area contributed by atoms with Crippen LogP contribution in [0.3, 0.4) is 0 Å². The molecule has 1 aromatic carbocycles. The minimum atomic E-state index is -0.393. The molecule has 6 N–H and O–H groups in total. The highest BCUT2D eigenvalue weighted by atomic mass is 16.5. The number of urea groups is 1. The molecule has 0 radical (unpaired) electrons. The zero-order chi connectivity index (χ0) is 33.6. The van der Waals surface area contributed by atoms with Crippen molar-refractivity contribution in [3.8, 4) is 5.75 Å². The maximum atomic E-state index is 13.4. The molecule has 246 valence electrons. The summed E-state index contributed by atoms with van der Waals surface area (Å²) in [6.45, 7) is 11.4. The summed E-state index contributed by atoms with van der Waals surface area (Å²) in [5, 5.41) is 27.0. The number of aliphatic imine (C=N–C) groups is 1. The van der Waals surface area contributed by atoms with Gasteiger partial charge < -0.3 is 20.7 Å². The molecule has 2 amide bonds. The third-order valence-corrected chi connectivity index (χ3v) is 7.79. The molecule has 12 nitrogen and oxygen atoms in total. The lowest BCUT2D eigenvalue weighted by Gasteiger charge is -2.32. The third kappa shape index (κ3) is 8.94. The monoisotopic (exact) mass is 628 g/mol. The molecule has 46 heavy (non-hydrogen) atoms. The molecule has 1 aliphatic rings. The summed E-state index contributed by atoms with van der Waals surface area (Å²) in [4.78, 5) is 20.2. The number of nitrogens with two attached hydrogens (primary N) is 1. The van der Waals surface area contributed by atoms with Crippen molar-refractivity contribution in [3.63, 3.8) is 0 Å². The number of amidine groups is 1. The molecule has 0 fully saturated rings. The first-order chi connectivity index (χ1) is 21.7. The van der Waals surface area contributed by atoms with Crippen molar-refractivity contribution in [2.45, 2.75) is 66.2 Å². The number of hydrogen-bond acceptors (Lipinski definition) is 8. The number of nitrogens with one attached hydrogen (secondary N) is 4. The highest BCUT2D eigenvalue weighted by Gasteiger charge is 2.30. The second-order valence-corrected chi connectivity index (χ2v) is 13.2. The average molecular weight is 629 g/mol. The van der Waals surface area contributed by atoms with E-state index in [1.807, 2.05) is 83.9 Å². The molecule has 0 spiro atoms. The summed E-state index contributed by atoms with van der Waals surface area (Å²) in [6, 6.07) is 10.7. The van der Waals surface area contributed by atoms with Crippen molar-refractivity contribution in [2.24, 2.45) is 22.1 Å². The first-order valence-corrected chi connectivity index (χ1v) is 15.6. The molecular formula is C34H48N10O2. The molecule has 2 aromatic heterocycles. The minimum absolute atomic E-state index is 0.0329. The highest BCUT2D eigenvalue weighted by molar-refractivity contribution is 6.05. The van der Waals surface area contributed by atoms with Gasteiger partial charge in [0.1, 0.15) is 34.7 Å². The van der Waals surface area contributed by atoms with E-state index >= 15 is 0 Å². The molecule has 0 saturated heterocycles. The Bertz CT molecular complexity index is 1660. The molecule has 2 atom stereocenters. The van der Waals surface area contributed by atoms with Gasteiger partial charge in [-0.1, -0.05) is 58.9 Å². The lowest BCUT2D eigenvalue weighted by atomic mass is 9.85. The molecule has 1 aliphatic carbocycles. The molecule has 2 heterocycles. The Morgan fingerprint density at radius 2 is 1.89 bits per heavy atom. The van der Waals surface area contributed by atoms with Gasteiger partial charge in [-0.3, -0.25) is 25.4 Å². The number of aromatic nitrogens is 3. The summed E-state index contributed by atoms with van der Waals surface area (Å²) in [5.41, 5.74) is 9.44. The third-order valence-electron chi connectivity index (χ3n) is 7.79. The van der Waals surface area contributed by atoms with Crippen molar-refractivity contribution in [1.29, 1.82) is 10.8 Å². The standard InChI is InChI=1S/C34H48N10O2/c1-22(2)32(37)44-21-24(12-15-30(44)36)46-28-14-13-27(25-10-8-9-11-26(25)28)40-33(45)41-31(18-29(35)34(3,4)5)39-23-19-38-43(20-23)17-16-42(6)7/h8-12,15,18-22,27-28,36-37H,13-14,16-17,35H2,1-7H3,(H2,39,40,41,45). The van der Waals surface area contributed by atoms with E-state index in [0.29, 0.717) is 48.2 Å². The van der Waals surface area contributed by atoms with Gasteiger partial charge in [0.25, 0.3) is 0 Å². The molecule has 0 saturated carbocycles. The van der Waals surface area contributed by atoms with Crippen LogP contribution < -0.4 is 26.6 Å². The van der Waals surface area contributed by atoms with E-state index in [4.69, 9.17) is 21.3 Å². The van der Waals surface area contributed by atoms with E-state index in [2.05, 4.69) is 25.6 Å². The lowest BCUT2D eigenvalue weighted by Crippen LogP contribution is -2.42. The van der Waals surface area contributed by atoms with E-state index in [1.165, 1.54) is 4.57 Å². The molecule has 2 unspecified atom stereocenters. The van der Waals surface area contributed by atoms with Crippen LogP contribution in [0.4, 0.5) is 10.5 Å². The van der Waals surface area contributed by atoms with Crippen LogP contribution in [0.5, 0.6) is 5.75 Å². The first kappa shape index (κ1) is 34.2. The van der Waals surface area contributed by atoms with Gasteiger partial charge in [-0.05, 0) is 50.2 Å². The number of carbonyl (C=O) groups is 1. The zero-order valence-corrected chi connectivity index (χ0v) is 28.0. The first-order valence-electron chi connectivity index (χ1n) is 15.6. The highest BCUT2D eigenvalue weighted by Crippen LogP contribution is 2.38. The molecule has 12 heteroatoms.